The molecule has 2 aromatic rings. The third-order valence-electron chi connectivity index (χ3n) is 2.78. The number of amides is 1. The summed E-state index contributed by atoms with van der Waals surface area (Å²) >= 11 is 7.31. The molecule has 0 N–H and O–H groups in total. The van der Waals surface area contributed by atoms with Crippen molar-refractivity contribution < 1.29 is 14.4 Å². The van der Waals surface area contributed by atoms with E-state index in [1.807, 2.05) is 40.7 Å². The Morgan fingerprint density at radius 3 is 2.68 bits per heavy atom. The van der Waals surface area contributed by atoms with Gasteiger partial charge in [0.1, 0.15) is 10.3 Å². The van der Waals surface area contributed by atoms with Gasteiger partial charge in [-0.1, -0.05) is 29.0 Å². The second-order valence-corrected chi connectivity index (χ2v) is 7.37. The smallest absolute Gasteiger partial charge is 0.442 e. The normalized spacial score (nSPS) is 11.5. The Morgan fingerprint density at radius 1 is 1.41 bits per heavy atom. The quantitative estimate of drug-likeness (QED) is 0.751. The Bertz CT molecular complexity index is 694. The lowest BCUT2D eigenvalue weighted by Gasteiger charge is -2.26. The molecule has 0 unspecified atom stereocenters. The van der Waals surface area contributed by atoms with Crippen molar-refractivity contribution in [1.29, 1.82) is 0 Å². The van der Waals surface area contributed by atoms with Gasteiger partial charge in [0, 0.05) is 0 Å². The third kappa shape index (κ3) is 3.81. The van der Waals surface area contributed by atoms with E-state index in [0.717, 1.165) is 15.8 Å². The molecule has 0 aliphatic rings. The maximum Gasteiger partial charge on any atom is 0.443 e. The van der Waals surface area contributed by atoms with Crippen LogP contribution in [0, 0.1) is 6.92 Å². The number of nitrogens with zero attached hydrogens (tertiary/aromatic N) is 2. The summed E-state index contributed by atoms with van der Waals surface area (Å²) in [6.45, 7) is 9.56. The average molecular weight is 343 g/mol. The number of hydrogen-bond donors (Lipinski definition) is 0. The van der Waals surface area contributed by atoms with Crippen molar-refractivity contribution in [3.8, 4) is 5.75 Å². The van der Waals surface area contributed by atoms with Crippen molar-refractivity contribution in [3.05, 3.63) is 22.2 Å². The highest BCUT2D eigenvalue weighted by Gasteiger charge is 2.23. The third-order valence-corrected chi connectivity index (χ3v) is 3.95. The zero-order chi connectivity index (χ0) is 16.5. The number of aromatic nitrogens is 1. The molecule has 0 atom stereocenters. The van der Waals surface area contributed by atoms with Crippen LogP contribution in [0.4, 0.5) is 4.79 Å². The van der Waals surface area contributed by atoms with Crippen LogP contribution in [0.15, 0.2) is 12.1 Å². The van der Waals surface area contributed by atoms with Gasteiger partial charge in [0.2, 0.25) is 0 Å². The van der Waals surface area contributed by atoms with E-state index in [1.54, 1.807) is 6.07 Å². The van der Waals surface area contributed by atoms with Crippen LogP contribution >= 0.6 is 22.9 Å². The molecule has 7 heteroatoms. The summed E-state index contributed by atoms with van der Waals surface area (Å²) in [6, 6.07) is 3.69. The van der Waals surface area contributed by atoms with Crippen LogP contribution in [0.3, 0.4) is 0 Å². The van der Waals surface area contributed by atoms with Gasteiger partial charge in [-0.2, -0.15) is 0 Å². The first-order valence-electron chi connectivity index (χ1n) is 6.95. The molecule has 0 spiro atoms. The molecule has 0 bridgehead atoms. The van der Waals surface area contributed by atoms with Gasteiger partial charge in [0.15, 0.2) is 10.2 Å². The Labute approximate surface area is 138 Å². The number of rotatable bonds is 3. The molecular weight excluding hydrogens is 324 g/mol. The van der Waals surface area contributed by atoms with Crippen molar-refractivity contribution in [2.24, 2.45) is 0 Å². The van der Waals surface area contributed by atoms with Gasteiger partial charge in [-0.05, 0) is 46.2 Å². The van der Waals surface area contributed by atoms with E-state index in [2.05, 4.69) is 4.98 Å². The maximum absolute atomic E-state index is 12.1. The number of carbonyl (C=O) groups excluding carboxylic acids is 1. The maximum atomic E-state index is 12.1. The number of halogens is 1. The largest absolute Gasteiger partial charge is 0.443 e. The Balaban J connectivity index is 2.28. The first-order chi connectivity index (χ1) is 10.2. The van der Waals surface area contributed by atoms with E-state index < -0.39 is 11.7 Å². The minimum absolute atomic E-state index is 0.358. The summed E-state index contributed by atoms with van der Waals surface area (Å²) < 4.78 is 6.58. The van der Waals surface area contributed by atoms with Gasteiger partial charge in [-0.3, -0.25) is 0 Å². The van der Waals surface area contributed by atoms with Crippen LogP contribution < -0.4 is 4.84 Å². The van der Waals surface area contributed by atoms with Crippen LogP contribution in [-0.2, 0) is 4.74 Å². The molecule has 1 heterocycles. The van der Waals surface area contributed by atoms with Gasteiger partial charge >= 0.3 is 6.09 Å². The lowest BCUT2D eigenvalue weighted by Crippen LogP contribution is -2.38. The fourth-order valence-corrected chi connectivity index (χ4v) is 2.95. The fourth-order valence-electron chi connectivity index (χ4n) is 1.82. The monoisotopic (exact) mass is 342 g/mol. The van der Waals surface area contributed by atoms with Crippen LogP contribution in [0.5, 0.6) is 5.75 Å². The number of fused-ring (bicyclic) bond motifs is 1. The highest BCUT2D eigenvalue weighted by molar-refractivity contribution is 7.22. The van der Waals surface area contributed by atoms with E-state index in [-0.39, 0.29) is 0 Å². The number of benzene rings is 1. The average Bonchev–Trinajstić information content (AvgIpc) is 2.78. The molecule has 5 nitrogen and oxygen atoms in total. The standard InChI is InChI=1S/C15H19ClN2O3S/c1-6-18(14(19)20-15(3,4)5)21-10-8-7-9(2)11-12(10)22-13(16)17-11/h7-8H,6H2,1-5H3. The summed E-state index contributed by atoms with van der Waals surface area (Å²) in [6.07, 6.45) is -0.528. The van der Waals surface area contributed by atoms with E-state index in [9.17, 15) is 4.79 Å². The van der Waals surface area contributed by atoms with Gasteiger partial charge < -0.3 is 9.57 Å². The summed E-state index contributed by atoms with van der Waals surface area (Å²) in [5.74, 6) is 0.540. The van der Waals surface area contributed by atoms with E-state index in [0.29, 0.717) is 16.8 Å². The minimum atomic E-state index is -0.579. The summed E-state index contributed by atoms with van der Waals surface area (Å²) in [4.78, 5) is 22.1. The molecule has 1 amide bonds. The van der Waals surface area contributed by atoms with Crippen molar-refractivity contribution in [1.82, 2.24) is 10.0 Å². The van der Waals surface area contributed by atoms with Crippen LogP contribution in [-0.4, -0.2) is 28.3 Å². The highest BCUT2D eigenvalue weighted by atomic mass is 35.5. The van der Waals surface area contributed by atoms with Crippen molar-refractivity contribution >= 4 is 39.2 Å². The van der Waals surface area contributed by atoms with Crippen LogP contribution in [0.25, 0.3) is 10.2 Å². The van der Waals surface area contributed by atoms with E-state index in [1.165, 1.54) is 16.4 Å². The summed E-state index contributed by atoms with van der Waals surface area (Å²) in [5.41, 5.74) is 1.21. The van der Waals surface area contributed by atoms with E-state index >= 15 is 0 Å². The van der Waals surface area contributed by atoms with Crippen molar-refractivity contribution in [2.45, 2.75) is 40.2 Å². The van der Waals surface area contributed by atoms with Gasteiger partial charge in [0.05, 0.1) is 12.1 Å². The molecule has 2 rings (SSSR count). The molecule has 0 fully saturated rings. The lowest BCUT2D eigenvalue weighted by molar-refractivity contribution is -0.0684. The van der Waals surface area contributed by atoms with Crippen molar-refractivity contribution in [2.75, 3.05) is 6.54 Å². The number of hydroxylamine groups is 2. The molecule has 0 saturated carbocycles. The van der Waals surface area contributed by atoms with Crippen molar-refractivity contribution in [3.63, 3.8) is 0 Å². The SMILES string of the molecule is CCN(Oc1ccc(C)c2nc(Cl)sc12)C(=O)OC(C)(C)C. The van der Waals surface area contributed by atoms with Gasteiger partial charge in [0.25, 0.3) is 0 Å². The van der Waals surface area contributed by atoms with E-state index in [4.69, 9.17) is 21.2 Å². The van der Waals surface area contributed by atoms with Crippen LogP contribution in [0.2, 0.25) is 4.47 Å². The zero-order valence-corrected chi connectivity index (χ0v) is 14.8. The molecule has 22 heavy (non-hydrogen) atoms. The minimum Gasteiger partial charge on any atom is -0.442 e. The predicted molar refractivity (Wildman–Crippen MR) is 88.6 cm³/mol. The molecule has 1 aromatic carbocycles. The van der Waals surface area contributed by atoms with Crippen LogP contribution in [0.1, 0.15) is 33.3 Å². The number of carbonyl (C=O) groups is 1. The Hall–Kier alpha value is -1.53. The molecule has 0 radical (unpaired) electrons. The molecule has 0 aliphatic heterocycles. The molecule has 0 saturated heterocycles. The van der Waals surface area contributed by atoms with Gasteiger partial charge in [-0.25, -0.2) is 9.78 Å². The first kappa shape index (κ1) is 16.8. The summed E-state index contributed by atoms with van der Waals surface area (Å²) in [5, 5.41) is 1.18. The molecule has 120 valence electrons. The molecular formula is C15H19ClN2O3S. The predicted octanol–water partition coefficient (Wildman–Crippen LogP) is 4.81. The summed E-state index contributed by atoms with van der Waals surface area (Å²) in [7, 11) is 0. The highest BCUT2D eigenvalue weighted by Crippen LogP contribution is 2.35. The zero-order valence-electron chi connectivity index (χ0n) is 13.3. The number of aryl methyl sites for hydroxylation is 1. The molecule has 1 aromatic heterocycles. The second kappa shape index (κ2) is 6.30. The Kier molecular flexibility index (Phi) is 4.82. The molecule has 0 aliphatic carbocycles. The number of ether oxygens (including phenoxy) is 1. The second-order valence-electron chi connectivity index (χ2n) is 5.79. The fraction of sp³-hybridized carbons (Fsp3) is 0.467. The number of thiazole rings is 1. The number of hydrogen-bond acceptors (Lipinski definition) is 5. The topological polar surface area (TPSA) is 51.7 Å². The lowest BCUT2D eigenvalue weighted by atomic mass is 10.2. The first-order valence-corrected chi connectivity index (χ1v) is 8.15. The van der Waals surface area contributed by atoms with Gasteiger partial charge in [-0.15, -0.1) is 5.06 Å². The Morgan fingerprint density at radius 2 is 2.09 bits per heavy atom.